The average molecular weight is 171 g/mol. The summed E-state index contributed by atoms with van der Waals surface area (Å²) in [6, 6.07) is 0. The van der Waals surface area contributed by atoms with Crippen LogP contribution < -0.4 is 0 Å². The van der Waals surface area contributed by atoms with Gasteiger partial charge in [0.05, 0.1) is 6.10 Å². The first kappa shape index (κ1) is 10.0. The molecule has 72 valence electrons. The lowest BCUT2D eigenvalue weighted by Gasteiger charge is -2.28. The number of likely N-dealkylation sites (N-methyl/N-ethyl adjacent to an activating group) is 1. The van der Waals surface area contributed by atoms with Crippen molar-refractivity contribution in [2.75, 3.05) is 26.2 Å². The van der Waals surface area contributed by atoms with Crippen LogP contribution in [0.1, 0.15) is 33.1 Å². The first-order valence-corrected chi connectivity index (χ1v) is 5.20. The number of hydrogen-bond donors (Lipinski definition) is 0. The minimum Gasteiger partial charge on any atom is -0.377 e. The first-order chi connectivity index (χ1) is 5.86. The minimum absolute atomic E-state index is 0.513. The van der Waals surface area contributed by atoms with Crippen molar-refractivity contribution in [2.24, 2.45) is 0 Å². The molecule has 0 aromatic carbocycles. The molecule has 12 heavy (non-hydrogen) atoms. The van der Waals surface area contributed by atoms with E-state index in [-0.39, 0.29) is 0 Å². The van der Waals surface area contributed by atoms with Crippen LogP contribution in [0.5, 0.6) is 0 Å². The van der Waals surface area contributed by atoms with Gasteiger partial charge in [-0.3, -0.25) is 0 Å². The summed E-state index contributed by atoms with van der Waals surface area (Å²) >= 11 is 0. The van der Waals surface area contributed by atoms with Crippen LogP contribution in [0.3, 0.4) is 0 Å². The predicted molar refractivity (Wildman–Crippen MR) is 51.4 cm³/mol. The van der Waals surface area contributed by atoms with E-state index in [0.29, 0.717) is 6.10 Å². The van der Waals surface area contributed by atoms with Gasteiger partial charge in [0.25, 0.3) is 0 Å². The molecule has 0 aromatic heterocycles. The molecule has 1 fully saturated rings. The van der Waals surface area contributed by atoms with Crippen LogP contribution in [0, 0.1) is 0 Å². The second kappa shape index (κ2) is 5.55. The van der Waals surface area contributed by atoms with E-state index >= 15 is 0 Å². The Labute approximate surface area is 75.9 Å². The molecule has 0 saturated carbocycles. The largest absolute Gasteiger partial charge is 0.377 e. The molecule has 0 amide bonds. The molecule has 0 spiro atoms. The normalized spacial score (nSPS) is 24.8. The van der Waals surface area contributed by atoms with Gasteiger partial charge in [0.1, 0.15) is 0 Å². The molecule has 2 heteroatoms. The highest BCUT2D eigenvalue weighted by molar-refractivity contribution is 4.67. The molecule has 1 aliphatic rings. The Morgan fingerprint density at radius 1 is 1.25 bits per heavy atom. The number of ether oxygens (including phenoxy) is 1. The molecule has 0 aliphatic carbocycles. The van der Waals surface area contributed by atoms with Gasteiger partial charge in [-0.2, -0.15) is 0 Å². The van der Waals surface area contributed by atoms with E-state index in [1.807, 2.05) is 0 Å². The van der Waals surface area contributed by atoms with Crippen LogP contribution in [0.4, 0.5) is 0 Å². The maximum atomic E-state index is 5.67. The molecule has 0 aromatic rings. The Bertz CT molecular complexity index is 106. The van der Waals surface area contributed by atoms with E-state index < -0.39 is 0 Å². The van der Waals surface area contributed by atoms with Crippen molar-refractivity contribution >= 4 is 0 Å². The lowest BCUT2D eigenvalue weighted by Crippen LogP contribution is -2.35. The fourth-order valence-corrected chi connectivity index (χ4v) is 1.72. The smallest absolute Gasteiger partial charge is 0.0702 e. The van der Waals surface area contributed by atoms with Crippen molar-refractivity contribution in [3.05, 3.63) is 0 Å². The Hall–Kier alpha value is -0.0800. The van der Waals surface area contributed by atoms with Crippen molar-refractivity contribution in [2.45, 2.75) is 39.2 Å². The average Bonchev–Trinajstić information content (AvgIpc) is 2.16. The fraction of sp³-hybridized carbons (Fsp3) is 1.00. The molecule has 2 nitrogen and oxygen atoms in total. The third-order valence-corrected chi connectivity index (χ3v) is 2.63. The third kappa shape index (κ3) is 3.11. The van der Waals surface area contributed by atoms with Crippen molar-refractivity contribution in [3.63, 3.8) is 0 Å². The zero-order valence-electron chi connectivity index (χ0n) is 8.38. The monoisotopic (exact) mass is 171 g/mol. The van der Waals surface area contributed by atoms with E-state index in [1.54, 1.807) is 0 Å². The maximum Gasteiger partial charge on any atom is 0.0702 e. The van der Waals surface area contributed by atoms with Crippen LogP contribution in [0.15, 0.2) is 0 Å². The van der Waals surface area contributed by atoms with Crippen molar-refractivity contribution in [1.29, 1.82) is 0 Å². The highest BCUT2D eigenvalue weighted by Gasteiger charge is 2.15. The number of nitrogens with zero attached hydrogens (tertiary/aromatic N) is 1. The highest BCUT2D eigenvalue weighted by Crippen LogP contribution is 2.13. The molecular weight excluding hydrogens is 150 g/mol. The molecule has 1 saturated heterocycles. The third-order valence-electron chi connectivity index (χ3n) is 2.63. The van der Waals surface area contributed by atoms with Gasteiger partial charge in [0.15, 0.2) is 0 Å². The van der Waals surface area contributed by atoms with Crippen molar-refractivity contribution in [1.82, 2.24) is 4.90 Å². The van der Waals surface area contributed by atoms with Gasteiger partial charge in [0.2, 0.25) is 0 Å². The van der Waals surface area contributed by atoms with E-state index in [2.05, 4.69) is 18.7 Å². The molecular formula is C10H21NO. The highest BCUT2D eigenvalue weighted by atomic mass is 16.5. The zero-order chi connectivity index (χ0) is 8.81. The van der Waals surface area contributed by atoms with Gasteiger partial charge in [-0.15, -0.1) is 0 Å². The second-order valence-corrected chi connectivity index (χ2v) is 3.47. The molecule has 1 heterocycles. The van der Waals surface area contributed by atoms with Crippen LogP contribution in [0.2, 0.25) is 0 Å². The van der Waals surface area contributed by atoms with Gasteiger partial charge in [-0.05, 0) is 32.4 Å². The van der Waals surface area contributed by atoms with Gasteiger partial charge >= 0.3 is 0 Å². The molecule has 0 radical (unpaired) electrons. The molecule has 0 unspecified atom stereocenters. The Kier molecular flexibility index (Phi) is 4.62. The summed E-state index contributed by atoms with van der Waals surface area (Å²) in [6.45, 7) is 8.84. The summed E-state index contributed by atoms with van der Waals surface area (Å²) in [6.07, 6.45) is 4.38. The zero-order valence-corrected chi connectivity index (χ0v) is 8.38. The Morgan fingerprint density at radius 3 is 2.50 bits per heavy atom. The molecule has 1 rings (SSSR count). The second-order valence-electron chi connectivity index (χ2n) is 3.47. The van der Waals surface area contributed by atoms with Crippen molar-refractivity contribution in [3.8, 4) is 0 Å². The number of rotatable bonds is 4. The van der Waals surface area contributed by atoms with E-state index in [1.165, 1.54) is 19.3 Å². The SMILES string of the molecule is CCN(CC)C[C@@H]1CCCCO1. The summed E-state index contributed by atoms with van der Waals surface area (Å²) in [5.74, 6) is 0. The van der Waals surface area contributed by atoms with Crippen LogP contribution in [-0.4, -0.2) is 37.2 Å². The lowest BCUT2D eigenvalue weighted by molar-refractivity contribution is -0.00398. The number of hydrogen-bond acceptors (Lipinski definition) is 2. The van der Waals surface area contributed by atoms with Gasteiger partial charge < -0.3 is 9.64 Å². The molecule has 1 aliphatic heterocycles. The summed E-state index contributed by atoms with van der Waals surface area (Å²) in [4.78, 5) is 2.44. The van der Waals surface area contributed by atoms with E-state index in [9.17, 15) is 0 Å². The summed E-state index contributed by atoms with van der Waals surface area (Å²) in [5.41, 5.74) is 0. The molecule has 0 N–H and O–H groups in total. The van der Waals surface area contributed by atoms with Crippen LogP contribution in [0.25, 0.3) is 0 Å². The first-order valence-electron chi connectivity index (χ1n) is 5.20. The topological polar surface area (TPSA) is 12.5 Å². The lowest BCUT2D eigenvalue weighted by atomic mass is 10.1. The minimum atomic E-state index is 0.513. The van der Waals surface area contributed by atoms with Gasteiger partial charge in [-0.25, -0.2) is 0 Å². The molecule has 1 atom stereocenters. The van der Waals surface area contributed by atoms with Gasteiger partial charge in [-0.1, -0.05) is 13.8 Å². The predicted octanol–water partition coefficient (Wildman–Crippen LogP) is 1.90. The standard InChI is InChI=1S/C10H21NO/c1-3-11(4-2)9-10-7-5-6-8-12-10/h10H,3-9H2,1-2H3/t10-/m0/s1. The van der Waals surface area contributed by atoms with Gasteiger partial charge in [0, 0.05) is 13.2 Å². The molecule has 0 bridgehead atoms. The fourth-order valence-electron chi connectivity index (χ4n) is 1.72. The maximum absolute atomic E-state index is 5.67. The van der Waals surface area contributed by atoms with E-state index in [0.717, 1.165) is 26.2 Å². The Morgan fingerprint density at radius 2 is 2.00 bits per heavy atom. The summed E-state index contributed by atoms with van der Waals surface area (Å²) in [7, 11) is 0. The summed E-state index contributed by atoms with van der Waals surface area (Å²) < 4.78 is 5.67. The summed E-state index contributed by atoms with van der Waals surface area (Å²) in [5, 5.41) is 0. The quantitative estimate of drug-likeness (QED) is 0.640. The van der Waals surface area contributed by atoms with E-state index in [4.69, 9.17) is 4.74 Å². The Balaban J connectivity index is 2.18. The van der Waals surface area contributed by atoms with Crippen LogP contribution in [-0.2, 0) is 4.74 Å². The van der Waals surface area contributed by atoms with Crippen molar-refractivity contribution < 1.29 is 4.74 Å². The van der Waals surface area contributed by atoms with Crippen LogP contribution >= 0.6 is 0 Å².